The molecule has 2 heterocycles. The Hall–Kier alpha value is -2.92. The first-order valence-electron chi connectivity index (χ1n) is 8.38. The predicted octanol–water partition coefficient (Wildman–Crippen LogP) is 5.00. The minimum atomic E-state index is 0.796. The van der Waals surface area contributed by atoms with Crippen LogP contribution in [0.1, 0.15) is 5.56 Å². The molecule has 4 nitrogen and oxygen atoms in total. The van der Waals surface area contributed by atoms with Crippen LogP contribution in [-0.4, -0.2) is 24.1 Å². The van der Waals surface area contributed by atoms with Crippen LogP contribution in [0, 0.1) is 0 Å². The van der Waals surface area contributed by atoms with E-state index in [0.717, 1.165) is 39.5 Å². The van der Waals surface area contributed by atoms with Crippen LogP contribution in [0.25, 0.3) is 21.3 Å². The van der Waals surface area contributed by atoms with Gasteiger partial charge in [0.15, 0.2) is 0 Å². The van der Waals surface area contributed by atoms with E-state index in [-0.39, 0.29) is 0 Å². The fraction of sp³-hybridized carbons (Fsp3) is 0.143. The van der Waals surface area contributed by atoms with Crippen molar-refractivity contribution >= 4 is 27.4 Å². The Labute approximate surface area is 156 Å². The summed E-state index contributed by atoms with van der Waals surface area (Å²) in [6.07, 6.45) is 1.65. The molecule has 4 rings (SSSR count). The van der Waals surface area contributed by atoms with Gasteiger partial charge >= 0.3 is 0 Å². The Morgan fingerprint density at radius 1 is 1.00 bits per heavy atom. The molecule has 0 aliphatic carbocycles. The number of ether oxygens (including phenoxy) is 1. The molecule has 0 radical (unpaired) electrons. The third-order valence-electron chi connectivity index (χ3n) is 4.38. The molecule has 0 aliphatic rings. The number of methoxy groups -OCH3 is 1. The fourth-order valence-electron chi connectivity index (χ4n) is 3.06. The minimum Gasteiger partial charge on any atom is -0.497 e. The molecule has 0 spiro atoms. The fourth-order valence-corrected chi connectivity index (χ4v) is 3.97. The SMILES string of the molecule is COc1ccc(-c2csc3ncnc(N(C)Cc4ccccc4)c23)cc1. The van der Waals surface area contributed by atoms with Crippen LogP contribution < -0.4 is 9.64 Å². The van der Waals surface area contributed by atoms with Gasteiger partial charge < -0.3 is 9.64 Å². The molecule has 26 heavy (non-hydrogen) atoms. The van der Waals surface area contributed by atoms with Crippen molar-refractivity contribution in [3.05, 3.63) is 71.9 Å². The van der Waals surface area contributed by atoms with Crippen molar-refractivity contribution < 1.29 is 4.74 Å². The number of benzene rings is 2. The van der Waals surface area contributed by atoms with Crippen molar-refractivity contribution in [2.24, 2.45) is 0 Å². The lowest BCUT2D eigenvalue weighted by Gasteiger charge is -2.19. The standard InChI is InChI=1S/C21H19N3OS/c1-24(12-15-6-4-3-5-7-15)20-19-18(13-26-21(19)23-14-22-20)16-8-10-17(25-2)11-9-16/h3-11,13-14H,12H2,1-2H3. The van der Waals surface area contributed by atoms with Gasteiger partial charge in [-0.05, 0) is 23.3 Å². The van der Waals surface area contributed by atoms with E-state index >= 15 is 0 Å². The zero-order valence-electron chi connectivity index (χ0n) is 14.7. The highest BCUT2D eigenvalue weighted by atomic mass is 32.1. The summed E-state index contributed by atoms with van der Waals surface area (Å²) in [5.41, 5.74) is 3.55. The van der Waals surface area contributed by atoms with E-state index in [4.69, 9.17) is 4.74 Å². The lowest BCUT2D eigenvalue weighted by molar-refractivity contribution is 0.415. The van der Waals surface area contributed by atoms with Gasteiger partial charge in [-0.2, -0.15) is 0 Å². The molecule has 130 valence electrons. The van der Waals surface area contributed by atoms with Crippen molar-refractivity contribution in [2.75, 3.05) is 19.1 Å². The van der Waals surface area contributed by atoms with Gasteiger partial charge in [-0.25, -0.2) is 9.97 Å². The maximum atomic E-state index is 5.27. The Kier molecular flexibility index (Phi) is 4.54. The lowest BCUT2D eigenvalue weighted by Crippen LogP contribution is -2.18. The molecule has 0 fully saturated rings. The minimum absolute atomic E-state index is 0.796. The summed E-state index contributed by atoms with van der Waals surface area (Å²) in [6.45, 7) is 0.796. The smallest absolute Gasteiger partial charge is 0.141 e. The number of anilines is 1. The normalized spacial score (nSPS) is 10.8. The van der Waals surface area contributed by atoms with E-state index in [9.17, 15) is 0 Å². The average molecular weight is 361 g/mol. The van der Waals surface area contributed by atoms with Crippen molar-refractivity contribution in [3.8, 4) is 16.9 Å². The molecular formula is C21H19N3OS. The second-order valence-corrected chi connectivity index (χ2v) is 6.96. The van der Waals surface area contributed by atoms with E-state index in [1.165, 1.54) is 5.56 Å². The van der Waals surface area contributed by atoms with Crippen molar-refractivity contribution in [3.63, 3.8) is 0 Å². The first kappa shape index (κ1) is 16.5. The van der Waals surface area contributed by atoms with E-state index in [0.29, 0.717) is 0 Å². The Morgan fingerprint density at radius 2 is 1.77 bits per heavy atom. The molecule has 2 aromatic heterocycles. The molecule has 0 amide bonds. The van der Waals surface area contributed by atoms with Crippen LogP contribution in [0.15, 0.2) is 66.3 Å². The van der Waals surface area contributed by atoms with Gasteiger partial charge in [-0.1, -0.05) is 42.5 Å². The molecular weight excluding hydrogens is 342 g/mol. The number of nitrogens with zero attached hydrogens (tertiary/aromatic N) is 3. The number of hydrogen-bond acceptors (Lipinski definition) is 5. The molecule has 0 bridgehead atoms. The number of aromatic nitrogens is 2. The van der Waals surface area contributed by atoms with Crippen LogP contribution in [0.4, 0.5) is 5.82 Å². The van der Waals surface area contributed by atoms with E-state index < -0.39 is 0 Å². The van der Waals surface area contributed by atoms with Gasteiger partial charge in [0.1, 0.15) is 22.7 Å². The topological polar surface area (TPSA) is 38.3 Å². The molecule has 0 N–H and O–H groups in total. The van der Waals surface area contributed by atoms with E-state index in [1.54, 1.807) is 24.8 Å². The molecule has 0 aliphatic heterocycles. The Morgan fingerprint density at radius 3 is 2.50 bits per heavy atom. The van der Waals surface area contributed by atoms with Crippen LogP contribution >= 0.6 is 11.3 Å². The zero-order chi connectivity index (χ0) is 17.9. The van der Waals surface area contributed by atoms with Gasteiger partial charge in [-0.3, -0.25) is 0 Å². The summed E-state index contributed by atoms with van der Waals surface area (Å²) in [5.74, 6) is 1.80. The van der Waals surface area contributed by atoms with Crippen molar-refractivity contribution in [2.45, 2.75) is 6.54 Å². The van der Waals surface area contributed by atoms with Crippen LogP contribution in [0.3, 0.4) is 0 Å². The maximum Gasteiger partial charge on any atom is 0.141 e. The highest BCUT2D eigenvalue weighted by Gasteiger charge is 2.16. The third-order valence-corrected chi connectivity index (χ3v) is 5.26. The number of thiophene rings is 1. The van der Waals surface area contributed by atoms with Gasteiger partial charge in [-0.15, -0.1) is 11.3 Å². The van der Waals surface area contributed by atoms with E-state index in [1.807, 2.05) is 18.2 Å². The molecule has 0 unspecified atom stereocenters. The molecule has 0 saturated heterocycles. The summed E-state index contributed by atoms with van der Waals surface area (Å²) >= 11 is 1.65. The predicted molar refractivity (Wildman–Crippen MR) is 108 cm³/mol. The largest absolute Gasteiger partial charge is 0.497 e. The number of hydrogen-bond donors (Lipinski definition) is 0. The first-order chi connectivity index (χ1) is 12.8. The number of fused-ring (bicyclic) bond motifs is 1. The second-order valence-electron chi connectivity index (χ2n) is 6.10. The van der Waals surface area contributed by atoms with Crippen molar-refractivity contribution in [1.82, 2.24) is 9.97 Å². The molecule has 4 aromatic rings. The van der Waals surface area contributed by atoms with Crippen molar-refractivity contribution in [1.29, 1.82) is 0 Å². The Bertz CT molecular complexity index is 1010. The van der Waals surface area contributed by atoms with Gasteiger partial charge in [0.2, 0.25) is 0 Å². The van der Waals surface area contributed by atoms with Gasteiger partial charge in [0.05, 0.1) is 12.5 Å². The van der Waals surface area contributed by atoms with Crippen LogP contribution in [-0.2, 0) is 6.54 Å². The molecule has 0 saturated carbocycles. The highest BCUT2D eigenvalue weighted by molar-refractivity contribution is 7.17. The summed E-state index contributed by atoms with van der Waals surface area (Å²) < 4.78 is 5.27. The highest BCUT2D eigenvalue weighted by Crippen LogP contribution is 2.38. The quantitative estimate of drug-likeness (QED) is 0.501. The van der Waals surface area contributed by atoms with Crippen LogP contribution in [0.5, 0.6) is 5.75 Å². The molecule has 5 heteroatoms. The zero-order valence-corrected chi connectivity index (χ0v) is 15.5. The third kappa shape index (κ3) is 3.13. The summed E-state index contributed by atoms with van der Waals surface area (Å²) in [7, 11) is 3.75. The lowest BCUT2D eigenvalue weighted by atomic mass is 10.1. The first-order valence-corrected chi connectivity index (χ1v) is 9.26. The molecule has 0 atom stereocenters. The van der Waals surface area contributed by atoms with Crippen LogP contribution in [0.2, 0.25) is 0 Å². The number of rotatable bonds is 5. The van der Waals surface area contributed by atoms with Gasteiger partial charge in [0, 0.05) is 24.5 Å². The maximum absolute atomic E-state index is 5.27. The molecule has 2 aromatic carbocycles. The second kappa shape index (κ2) is 7.14. The van der Waals surface area contributed by atoms with Gasteiger partial charge in [0.25, 0.3) is 0 Å². The summed E-state index contributed by atoms with van der Waals surface area (Å²) in [5, 5.41) is 3.25. The average Bonchev–Trinajstić information content (AvgIpc) is 3.13. The Balaban J connectivity index is 1.76. The monoisotopic (exact) mass is 361 g/mol. The summed E-state index contributed by atoms with van der Waals surface area (Å²) in [6, 6.07) is 18.5. The summed E-state index contributed by atoms with van der Waals surface area (Å²) in [4.78, 5) is 12.2. The van der Waals surface area contributed by atoms with E-state index in [2.05, 4.69) is 63.7 Å².